The molecule has 0 heterocycles. The van der Waals surface area contributed by atoms with Gasteiger partial charge in [-0.05, 0) is 83.1 Å². The minimum absolute atomic E-state index is 0.133. The Kier molecular flexibility index (Phi) is 36.7. The monoisotopic (exact) mass is 698 g/mol. The number of rotatable bonds is 36. The summed E-state index contributed by atoms with van der Waals surface area (Å²) in [6.45, 7) is 4.06. The van der Waals surface area contributed by atoms with Crippen molar-refractivity contribution in [2.75, 3.05) is 6.54 Å². The highest BCUT2D eigenvalue weighted by Gasteiger charge is 2.12. The first-order valence-corrected chi connectivity index (χ1v) is 20.4. The summed E-state index contributed by atoms with van der Waals surface area (Å²) in [7, 11) is 0. The Labute approximate surface area is 307 Å². The van der Waals surface area contributed by atoms with Crippen LogP contribution in [0, 0.1) is 0 Å². The second-order valence-electron chi connectivity index (χ2n) is 13.5. The lowest BCUT2D eigenvalue weighted by molar-refractivity contribution is -0.147. The molecule has 0 saturated carbocycles. The van der Waals surface area contributed by atoms with E-state index in [9.17, 15) is 14.4 Å². The summed E-state index contributed by atoms with van der Waals surface area (Å²) in [6.07, 6.45) is 50.7. The molecular formula is C44H75NO5. The van der Waals surface area contributed by atoms with Crippen LogP contribution in [0.3, 0.4) is 0 Å². The highest BCUT2D eigenvalue weighted by molar-refractivity contribution is 5.80. The van der Waals surface area contributed by atoms with Crippen molar-refractivity contribution in [3.05, 3.63) is 60.8 Å². The van der Waals surface area contributed by atoms with Crippen LogP contribution in [0.2, 0.25) is 0 Å². The van der Waals surface area contributed by atoms with E-state index in [1.807, 2.05) is 6.08 Å². The van der Waals surface area contributed by atoms with Crippen molar-refractivity contribution in [3.8, 4) is 0 Å². The second kappa shape index (κ2) is 38.9. The molecule has 0 bridgehead atoms. The van der Waals surface area contributed by atoms with Gasteiger partial charge in [0.15, 0.2) is 0 Å². The maximum atomic E-state index is 12.7. The van der Waals surface area contributed by atoms with E-state index < -0.39 is 5.97 Å². The quantitative estimate of drug-likeness (QED) is 0.0386. The molecule has 6 nitrogen and oxygen atoms in total. The lowest BCUT2D eigenvalue weighted by atomic mass is 10.1. The van der Waals surface area contributed by atoms with Crippen molar-refractivity contribution in [2.24, 2.45) is 0 Å². The molecule has 0 aliphatic carbocycles. The molecule has 0 rings (SSSR count). The number of amides is 1. The smallest absolute Gasteiger partial charge is 0.322 e. The fraction of sp³-hybridized carbons (Fsp3) is 0.705. The van der Waals surface area contributed by atoms with Crippen molar-refractivity contribution < 1.29 is 24.2 Å². The maximum absolute atomic E-state index is 12.7. The number of carboxylic acid groups (broad SMARTS) is 1. The summed E-state index contributed by atoms with van der Waals surface area (Å²) < 4.78 is 5.86. The number of hydrogen-bond acceptors (Lipinski definition) is 4. The van der Waals surface area contributed by atoms with E-state index >= 15 is 0 Å². The Morgan fingerprint density at radius 3 is 1.60 bits per heavy atom. The molecule has 1 atom stereocenters. The first-order chi connectivity index (χ1) is 24.5. The Balaban J connectivity index is 4.18. The van der Waals surface area contributed by atoms with Gasteiger partial charge in [-0.15, -0.1) is 0 Å². The Morgan fingerprint density at radius 2 is 1.04 bits per heavy atom. The third-order valence-electron chi connectivity index (χ3n) is 8.66. The predicted molar refractivity (Wildman–Crippen MR) is 212 cm³/mol. The highest BCUT2D eigenvalue weighted by Crippen LogP contribution is 2.15. The van der Waals surface area contributed by atoms with Crippen molar-refractivity contribution in [3.63, 3.8) is 0 Å². The van der Waals surface area contributed by atoms with Gasteiger partial charge in [0.25, 0.3) is 0 Å². The first-order valence-electron chi connectivity index (χ1n) is 20.4. The third-order valence-corrected chi connectivity index (χ3v) is 8.66. The zero-order valence-corrected chi connectivity index (χ0v) is 32.2. The van der Waals surface area contributed by atoms with Crippen molar-refractivity contribution in [1.82, 2.24) is 5.32 Å². The van der Waals surface area contributed by atoms with Crippen LogP contribution in [-0.2, 0) is 19.1 Å². The summed E-state index contributed by atoms with van der Waals surface area (Å²) in [6, 6.07) is 0. The minimum atomic E-state index is -1.04. The zero-order valence-electron chi connectivity index (χ0n) is 32.2. The van der Waals surface area contributed by atoms with E-state index in [1.54, 1.807) is 0 Å². The van der Waals surface area contributed by atoms with Gasteiger partial charge in [-0.2, -0.15) is 0 Å². The van der Waals surface area contributed by atoms with Gasteiger partial charge in [-0.3, -0.25) is 14.4 Å². The van der Waals surface area contributed by atoms with E-state index in [2.05, 4.69) is 73.8 Å². The number of aliphatic carboxylic acids is 1. The van der Waals surface area contributed by atoms with Crippen molar-refractivity contribution in [2.45, 2.75) is 193 Å². The number of carbonyl (C=O) groups is 3. The molecule has 50 heavy (non-hydrogen) atoms. The minimum Gasteiger partial charge on any atom is -0.480 e. The van der Waals surface area contributed by atoms with E-state index in [4.69, 9.17) is 9.84 Å². The van der Waals surface area contributed by atoms with Crippen LogP contribution < -0.4 is 5.32 Å². The van der Waals surface area contributed by atoms with Gasteiger partial charge in [0.1, 0.15) is 12.6 Å². The molecule has 2 N–H and O–H groups in total. The lowest BCUT2D eigenvalue weighted by Gasteiger charge is -2.14. The van der Waals surface area contributed by atoms with Crippen LogP contribution in [0.25, 0.3) is 0 Å². The number of unbranched alkanes of at least 4 members (excludes halogenated alkanes) is 17. The summed E-state index contributed by atoms with van der Waals surface area (Å²) in [5.74, 6) is -1.42. The standard InChI is InChI=1S/C44H75NO5/c1-3-5-7-9-11-13-15-16-17-18-19-20-21-22-24-26-28-30-35-39-44(49)50-41(37-33-31-34-38-42(46)45-40-43(47)48)36-32-29-27-25-23-14-12-10-8-6-4-2/h6,8,12,14,16-17,25,27,32,36,41H,3-5,7,9-11,13,15,18-24,26,28-31,33-35,37-40H2,1-2H3,(H,45,46)(H,47,48)/b8-6-,14-12-,17-16-,27-25-,36-32-. The largest absolute Gasteiger partial charge is 0.480 e. The third kappa shape index (κ3) is 37.9. The van der Waals surface area contributed by atoms with Crippen LogP contribution >= 0.6 is 0 Å². The van der Waals surface area contributed by atoms with Gasteiger partial charge in [0, 0.05) is 12.8 Å². The van der Waals surface area contributed by atoms with Gasteiger partial charge < -0.3 is 15.2 Å². The Bertz CT molecular complexity index is 948. The molecule has 0 aromatic heterocycles. The number of esters is 1. The molecule has 0 spiro atoms. The number of carboxylic acids is 1. The molecular weight excluding hydrogens is 622 g/mol. The number of nitrogens with one attached hydrogen (secondary N) is 1. The molecule has 0 saturated heterocycles. The van der Waals surface area contributed by atoms with Gasteiger partial charge in [0.05, 0.1) is 0 Å². The lowest BCUT2D eigenvalue weighted by Crippen LogP contribution is -2.28. The Hall–Kier alpha value is -2.89. The van der Waals surface area contributed by atoms with E-state index in [0.29, 0.717) is 25.7 Å². The SMILES string of the molecule is CC/C=C\C/C=C\C/C=C\C/C=C\C(CCCCCC(=O)NCC(=O)O)OC(=O)CCCCCCCCCCC/C=C\CCCCCCCC. The van der Waals surface area contributed by atoms with Gasteiger partial charge in [0.2, 0.25) is 5.91 Å². The molecule has 286 valence electrons. The number of carbonyl (C=O) groups excluding carboxylic acids is 2. The van der Waals surface area contributed by atoms with E-state index in [1.165, 1.54) is 96.3 Å². The van der Waals surface area contributed by atoms with Gasteiger partial charge in [-0.1, -0.05) is 152 Å². The van der Waals surface area contributed by atoms with Crippen LogP contribution in [0.1, 0.15) is 187 Å². The van der Waals surface area contributed by atoms with E-state index in [0.717, 1.165) is 51.4 Å². The van der Waals surface area contributed by atoms with Crippen LogP contribution in [0.4, 0.5) is 0 Å². The number of allylic oxidation sites excluding steroid dienone is 9. The molecule has 6 heteroatoms. The number of hydrogen-bond donors (Lipinski definition) is 2. The summed E-state index contributed by atoms with van der Waals surface area (Å²) in [5.41, 5.74) is 0. The van der Waals surface area contributed by atoms with Crippen LogP contribution in [0.5, 0.6) is 0 Å². The van der Waals surface area contributed by atoms with E-state index in [-0.39, 0.29) is 24.5 Å². The zero-order chi connectivity index (χ0) is 36.6. The Morgan fingerprint density at radius 1 is 0.560 bits per heavy atom. The topological polar surface area (TPSA) is 92.7 Å². The molecule has 0 aliphatic rings. The first kappa shape index (κ1) is 47.1. The maximum Gasteiger partial charge on any atom is 0.322 e. The summed E-state index contributed by atoms with van der Waals surface area (Å²) in [5, 5.41) is 11.1. The second-order valence-corrected chi connectivity index (χ2v) is 13.5. The highest BCUT2D eigenvalue weighted by atomic mass is 16.5. The van der Waals surface area contributed by atoms with Crippen molar-refractivity contribution >= 4 is 17.8 Å². The molecule has 0 aliphatic heterocycles. The predicted octanol–water partition coefficient (Wildman–Crippen LogP) is 12.5. The summed E-state index contributed by atoms with van der Waals surface area (Å²) >= 11 is 0. The number of ether oxygens (including phenoxy) is 1. The average Bonchev–Trinajstić information content (AvgIpc) is 3.10. The van der Waals surface area contributed by atoms with Crippen molar-refractivity contribution in [1.29, 1.82) is 0 Å². The van der Waals surface area contributed by atoms with Crippen LogP contribution in [0.15, 0.2) is 60.8 Å². The molecule has 0 fully saturated rings. The van der Waals surface area contributed by atoms with Gasteiger partial charge >= 0.3 is 11.9 Å². The molecule has 0 aromatic carbocycles. The average molecular weight is 698 g/mol. The molecule has 1 amide bonds. The molecule has 1 unspecified atom stereocenters. The molecule has 0 radical (unpaired) electrons. The van der Waals surface area contributed by atoms with Crippen LogP contribution in [-0.4, -0.2) is 35.6 Å². The fourth-order valence-corrected chi connectivity index (χ4v) is 5.65. The molecule has 0 aromatic rings. The fourth-order valence-electron chi connectivity index (χ4n) is 5.65. The van der Waals surface area contributed by atoms with Gasteiger partial charge in [-0.25, -0.2) is 0 Å². The normalized spacial score (nSPS) is 12.7. The summed E-state index contributed by atoms with van der Waals surface area (Å²) in [4.78, 5) is 35.0.